The molecule has 332 valence electrons. The molecule has 2 heteroatoms. The Bertz CT molecular complexity index is 4080. The van der Waals surface area contributed by atoms with E-state index in [9.17, 15) is 0 Å². The average molecular weight is 903 g/mol. The molecule has 0 fully saturated rings. The molecule has 14 rings (SSSR count). The van der Waals surface area contributed by atoms with Gasteiger partial charge in [0.15, 0.2) is 0 Å². The molecule has 0 radical (unpaired) electrons. The lowest BCUT2D eigenvalue weighted by Crippen LogP contribution is -2.28. The first kappa shape index (κ1) is 40.8. The van der Waals surface area contributed by atoms with E-state index in [4.69, 9.17) is 0 Å². The third-order valence-corrected chi connectivity index (χ3v) is 15.0. The summed E-state index contributed by atoms with van der Waals surface area (Å²) in [5.74, 6) is 0. The van der Waals surface area contributed by atoms with E-state index in [1.54, 1.807) is 0 Å². The maximum absolute atomic E-state index is 2.57. The van der Waals surface area contributed by atoms with Crippen LogP contribution in [0.15, 0.2) is 279 Å². The molecule has 12 aromatic carbocycles. The third kappa shape index (κ3) is 6.28. The molecular weight excluding hydrogens is 857 g/mol. The standard InChI is InChI=1S/C69H46N2/c1-5-24-49(25-6-1)69(50-26-7-2-8-27-50)64-39-20-19-37-59(64)63-45-54(41-43-65(63)69)71-66-46-62(58-36-17-18-38-60(58)67(66)61-42-40-47-22-13-14-34-56(47)68(61)71)57-35-16-15-33-55(57)48-23-21-32-53(44-48)70(51-28-9-3-10-29-51)52-30-11-4-12-31-52/h1-46H. The molecule has 0 N–H and O–H groups in total. The van der Waals surface area contributed by atoms with Crippen LogP contribution in [0.2, 0.25) is 0 Å². The lowest BCUT2D eigenvalue weighted by atomic mass is 9.68. The molecule has 0 unspecified atom stereocenters. The van der Waals surface area contributed by atoms with Crippen molar-refractivity contribution >= 4 is 60.4 Å². The number of nitrogens with zero attached hydrogens (tertiary/aromatic N) is 2. The number of para-hydroxylation sites is 2. The number of hydrogen-bond acceptors (Lipinski definition) is 1. The Morgan fingerprint density at radius 2 is 0.859 bits per heavy atom. The summed E-state index contributed by atoms with van der Waals surface area (Å²) in [5, 5.41) is 7.42. The Morgan fingerprint density at radius 3 is 1.56 bits per heavy atom. The molecule has 0 saturated heterocycles. The normalized spacial score (nSPS) is 12.6. The van der Waals surface area contributed by atoms with Crippen LogP contribution in [0.4, 0.5) is 17.1 Å². The van der Waals surface area contributed by atoms with Crippen molar-refractivity contribution in [1.82, 2.24) is 4.57 Å². The van der Waals surface area contributed by atoms with E-state index < -0.39 is 5.41 Å². The number of aromatic nitrogens is 1. The summed E-state index contributed by atoms with van der Waals surface area (Å²) in [6, 6.07) is 103. The highest BCUT2D eigenvalue weighted by Crippen LogP contribution is 2.57. The Kier molecular flexibility index (Phi) is 9.47. The highest BCUT2D eigenvalue weighted by Gasteiger charge is 2.46. The molecular formula is C69H46N2. The lowest BCUT2D eigenvalue weighted by molar-refractivity contribution is 0.768. The van der Waals surface area contributed by atoms with Crippen molar-refractivity contribution in [3.63, 3.8) is 0 Å². The predicted octanol–water partition coefficient (Wildman–Crippen LogP) is 18.3. The highest BCUT2D eigenvalue weighted by molar-refractivity contribution is 6.28. The van der Waals surface area contributed by atoms with Gasteiger partial charge in [0.1, 0.15) is 0 Å². The van der Waals surface area contributed by atoms with Gasteiger partial charge in [-0.3, -0.25) is 0 Å². The van der Waals surface area contributed by atoms with Crippen LogP contribution in [-0.4, -0.2) is 4.57 Å². The molecule has 13 aromatic rings. The van der Waals surface area contributed by atoms with Gasteiger partial charge in [0.2, 0.25) is 0 Å². The van der Waals surface area contributed by atoms with Gasteiger partial charge in [-0.2, -0.15) is 0 Å². The van der Waals surface area contributed by atoms with E-state index in [0.717, 1.165) is 28.3 Å². The molecule has 71 heavy (non-hydrogen) atoms. The fourth-order valence-electron chi connectivity index (χ4n) is 12.1. The fourth-order valence-corrected chi connectivity index (χ4v) is 12.1. The predicted molar refractivity (Wildman–Crippen MR) is 299 cm³/mol. The van der Waals surface area contributed by atoms with Gasteiger partial charge in [-0.05, 0) is 126 Å². The van der Waals surface area contributed by atoms with Gasteiger partial charge in [-0.15, -0.1) is 0 Å². The van der Waals surface area contributed by atoms with Gasteiger partial charge in [-0.1, -0.05) is 224 Å². The minimum atomic E-state index is -0.482. The van der Waals surface area contributed by atoms with Gasteiger partial charge >= 0.3 is 0 Å². The van der Waals surface area contributed by atoms with Crippen LogP contribution in [0.25, 0.3) is 82.4 Å². The Labute approximate surface area is 413 Å². The van der Waals surface area contributed by atoms with Crippen molar-refractivity contribution in [1.29, 1.82) is 0 Å². The zero-order valence-corrected chi connectivity index (χ0v) is 39.0. The van der Waals surface area contributed by atoms with E-state index in [2.05, 4.69) is 289 Å². The number of rotatable bonds is 8. The second-order valence-electron chi connectivity index (χ2n) is 18.7. The molecule has 0 amide bonds. The van der Waals surface area contributed by atoms with Gasteiger partial charge < -0.3 is 9.47 Å². The first-order chi connectivity index (χ1) is 35.3. The maximum Gasteiger partial charge on any atom is 0.0713 e. The lowest BCUT2D eigenvalue weighted by Gasteiger charge is -2.33. The summed E-state index contributed by atoms with van der Waals surface area (Å²) in [5.41, 5.74) is 18.8. The summed E-state index contributed by atoms with van der Waals surface area (Å²) >= 11 is 0. The minimum Gasteiger partial charge on any atom is -0.310 e. The zero-order chi connectivity index (χ0) is 46.9. The molecule has 0 bridgehead atoms. The number of hydrogen-bond donors (Lipinski definition) is 0. The summed E-state index contributed by atoms with van der Waals surface area (Å²) in [6.07, 6.45) is 0. The van der Waals surface area contributed by atoms with Crippen molar-refractivity contribution in [2.45, 2.75) is 5.41 Å². The summed E-state index contributed by atoms with van der Waals surface area (Å²) in [7, 11) is 0. The van der Waals surface area contributed by atoms with Crippen LogP contribution >= 0.6 is 0 Å². The Morgan fingerprint density at radius 1 is 0.310 bits per heavy atom. The smallest absolute Gasteiger partial charge is 0.0713 e. The van der Waals surface area contributed by atoms with Gasteiger partial charge in [0.25, 0.3) is 0 Å². The molecule has 1 heterocycles. The van der Waals surface area contributed by atoms with Crippen molar-refractivity contribution in [3.05, 3.63) is 301 Å². The summed E-state index contributed by atoms with van der Waals surface area (Å²) in [6.45, 7) is 0. The van der Waals surface area contributed by atoms with Crippen molar-refractivity contribution in [3.8, 4) is 39.1 Å². The summed E-state index contributed by atoms with van der Waals surface area (Å²) < 4.78 is 2.57. The average Bonchev–Trinajstić information content (AvgIpc) is 3.95. The first-order valence-corrected chi connectivity index (χ1v) is 24.6. The van der Waals surface area contributed by atoms with E-state index >= 15 is 0 Å². The van der Waals surface area contributed by atoms with Gasteiger partial charge in [-0.25, -0.2) is 0 Å². The molecule has 0 aliphatic heterocycles. The number of benzene rings is 12. The van der Waals surface area contributed by atoms with Crippen LogP contribution in [0.1, 0.15) is 22.3 Å². The minimum absolute atomic E-state index is 0.482. The van der Waals surface area contributed by atoms with Crippen molar-refractivity contribution < 1.29 is 0 Å². The fraction of sp³-hybridized carbons (Fsp3) is 0.0145. The molecule has 0 atom stereocenters. The molecule has 1 aliphatic rings. The van der Waals surface area contributed by atoms with Crippen LogP contribution < -0.4 is 4.90 Å². The maximum atomic E-state index is 2.57. The molecule has 0 spiro atoms. The number of fused-ring (bicyclic) bond motifs is 10. The molecule has 1 aromatic heterocycles. The van der Waals surface area contributed by atoms with Crippen molar-refractivity contribution in [2.24, 2.45) is 0 Å². The van der Waals surface area contributed by atoms with E-state index in [1.165, 1.54) is 93.4 Å². The highest BCUT2D eigenvalue weighted by atomic mass is 15.1. The van der Waals surface area contributed by atoms with Crippen LogP contribution in [0, 0.1) is 0 Å². The Hall–Kier alpha value is -9.24. The van der Waals surface area contributed by atoms with Crippen LogP contribution in [0.5, 0.6) is 0 Å². The van der Waals surface area contributed by atoms with E-state index in [-0.39, 0.29) is 0 Å². The van der Waals surface area contributed by atoms with Gasteiger partial charge in [0, 0.05) is 38.9 Å². The van der Waals surface area contributed by atoms with E-state index in [1.807, 2.05) is 0 Å². The van der Waals surface area contributed by atoms with Crippen LogP contribution in [0.3, 0.4) is 0 Å². The quantitative estimate of drug-likeness (QED) is 0.147. The molecule has 0 saturated carbocycles. The zero-order valence-electron chi connectivity index (χ0n) is 39.0. The third-order valence-electron chi connectivity index (χ3n) is 15.0. The van der Waals surface area contributed by atoms with Crippen LogP contribution in [-0.2, 0) is 5.41 Å². The topological polar surface area (TPSA) is 8.17 Å². The molecule has 2 nitrogen and oxygen atoms in total. The largest absolute Gasteiger partial charge is 0.310 e. The second kappa shape index (κ2) is 16.5. The monoisotopic (exact) mass is 902 g/mol. The second-order valence-corrected chi connectivity index (χ2v) is 18.7. The Balaban J connectivity index is 1.03. The number of anilines is 3. The summed E-state index contributed by atoms with van der Waals surface area (Å²) in [4.78, 5) is 2.34. The van der Waals surface area contributed by atoms with Gasteiger partial charge in [0.05, 0.1) is 16.4 Å². The molecule has 1 aliphatic carbocycles. The van der Waals surface area contributed by atoms with Crippen molar-refractivity contribution in [2.75, 3.05) is 4.90 Å². The first-order valence-electron chi connectivity index (χ1n) is 24.6. The van der Waals surface area contributed by atoms with E-state index in [0.29, 0.717) is 0 Å². The SMILES string of the molecule is c1ccc(N(c2ccccc2)c2cccc(-c3ccccc3-c3cc4c(c5ccccc35)c3ccc5ccccc5c3n4-c3ccc4c(c3)-c3ccccc3C4(c3ccccc3)c3ccccc3)c2)cc1.